The zero-order chi connectivity index (χ0) is 10.8. The Morgan fingerprint density at radius 3 is 2.87 bits per heavy atom. The van der Waals surface area contributed by atoms with Gasteiger partial charge in [0, 0.05) is 12.7 Å². The van der Waals surface area contributed by atoms with Crippen LogP contribution < -0.4 is 10.3 Å². The summed E-state index contributed by atoms with van der Waals surface area (Å²) in [6.45, 7) is 2.65. The molecule has 1 fully saturated rings. The van der Waals surface area contributed by atoms with Gasteiger partial charge in [0.25, 0.3) is 0 Å². The summed E-state index contributed by atoms with van der Waals surface area (Å²) in [5, 5.41) is 1.50. The Bertz CT molecular complexity index is 378. The summed E-state index contributed by atoms with van der Waals surface area (Å²) >= 11 is 0. The number of aryl methyl sites for hydroxylation is 1. The van der Waals surface area contributed by atoms with E-state index in [-0.39, 0.29) is 6.03 Å². The molecule has 1 aliphatic heterocycles. The number of hydrogen-bond donors (Lipinski definition) is 1. The molecule has 0 aliphatic carbocycles. The summed E-state index contributed by atoms with van der Waals surface area (Å²) in [7, 11) is 1.73. The number of carbonyl (C=O) groups excluding carboxylic acids is 1. The van der Waals surface area contributed by atoms with Gasteiger partial charge in [-0.2, -0.15) is 0 Å². The maximum absolute atomic E-state index is 11.7. The predicted octanol–water partition coefficient (Wildman–Crippen LogP) is 1.58. The lowest BCUT2D eigenvalue weighted by atomic mass is 10.1. The Balaban J connectivity index is 2.26. The minimum atomic E-state index is -0.0109. The molecule has 4 heteroatoms. The van der Waals surface area contributed by atoms with E-state index < -0.39 is 0 Å². The molecule has 1 heterocycles. The molecule has 15 heavy (non-hydrogen) atoms. The molecule has 80 valence electrons. The number of benzene rings is 1. The highest BCUT2D eigenvalue weighted by atomic mass is 16.2. The number of amides is 2. The number of carbonyl (C=O) groups is 1. The zero-order valence-electron chi connectivity index (χ0n) is 9.03. The van der Waals surface area contributed by atoms with Gasteiger partial charge in [0.1, 0.15) is 0 Å². The Hall–Kier alpha value is -1.55. The van der Waals surface area contributed by atoms with E-state index in [1.54, 1.807) is 11.9 Å². The molecule has 0 saturated carbocycles. The van der Waals surface area contributed by atoms with Crippen LogP contribution in [0, 0.1) is 0 Å². The Kier molecular flexibility index (Phi) is 2.60. The minimum Gasteiger partial charge on any atom is -0.278 e. The quantitative estimate of drug-likeness (QED) is 0.795. The summed E-state index contributed by atoms with van der Waals surface area (Å²) in [4.78, 5) is 13.4. The number of anilines is 1. The second kappa shape index (κ2) is 3.90. The third-order valence-corrected chi connectivity index (χ3v) is 2.61. The van der Waals surface area contributed by atoms with E-state index in [1.807, 2.05) is 12.1 Å². The van der Waals surface area contributed by atoms with Gasteiger partial charge in [-0.3, -0.25) is 9.91 Å². The van der Waals surface area contributed by atoms with E-state index >= 15 is 0 Å². The topological polar surface area (TPSA) is 35.6 Å². The first-order valence-electron chi connectivity index (χ1n) is 5.10. The number of urea groups is 1. The van der Waals surface area contributed by atoms with Gasteiger partial charge < -0.3 is 0 Å². The van der Waals surface area contributed by atoms with Crippen LogP contribution in [0.2, 0.25) is 0 Å². The molecule has 1 saturated heterocycles. The first kappa shape index (κ1) is 9.98. The molecule has 1 aromatic carbocycles. The fraction of sp³-hybridized carbons (Fsp3) is 0.364. The summed E-state index contributed by atoms with van der Waals surface area (Å²) in [5.41, 5.74) is 5.17. The van der Waals surface area contributed by atoms with Crippen LogP contribution in [0.4, 0.5) is 10.5 Å². The van der Waals surface area contributed by atoms with Crippen LogP contribution in [0.1, 0.15) is 12.5 Å². The predicted molar refractivity (Wildman–Crippen MR) is 59.5 cm³/mol. The van der Waals surface area contributed by atoms with E-state index in [0.717, 1.165) is 12.1 Å². The second-order valence-corrected chi connectivity index (χ2v) is 3.61. The lowest BCUT2D eigenvalue weighted by molar-refractivity contribution is 0.217. The molecular formula is C11H15N3O. The number of rotatable bonds is 2. The van der Waals surface area contributed by atoms with Crippen LogP contribution >= 0.6 is 0 Å². The van der Waals surface area contributed by atoms with Crippen LogP contribution in [0.15, 0.2) is 24.3 Å². The summed E-state index contributed by atoms with van der Waals surface area (Å²) in [6, 6.07) is 8.06. The molecule has 2 amide bonds. The van der Waals surface area contributed by atoms with E-state index in [4.69, 9.17) is 0 Å². The van der Waals surface area contributed by atoms with Gasteiger partial charge in [-0.25, -0.2) is 10.2 Å². The van der Waals surface area contributed by atoms with Crippen molar-refractivity contribution in [2.24, 2.45) is 0 Å². The smallest absolute Gasteiger partial charge is 0.278 e. The largest absolute Gasteiger partial charge is 0.339 e. The zero-order valence-corrected chi connectivity index (χ0v) is 9.03. The van der Waals surface area contributed by atoms with Gasteiger partial charge >= 0.3 is 6.03 Å². The molecule has 1 aliphatic rings. The second-order valence-electron chi connectivity index (χ2n) is 3.61. The van der Waals surface area contributed by atoms with Crippen molar-refractivity contribution in [2.75, 3.05) is 18.6 Å². The van der Waals surface area contributed by atoms with Gasteiger partial charge in [-0.05, 0) is 24.1 Å². The molecule has 0 spiro atoms. The van der Waals surface area contributed by atoms with Crippen molar-refractivity contribution in [3.05, 3.63) is 29.8 Å². The summed E-state index contributed by atoms with van der Waals surface area (Å²) in [6.07, 6.45) is 0.985. The summed E-state index contributed by atoms with van der Waals surface area (Å²) < 4.78 is 0. The molecular weight excluding hydrogens is 190 g/mol. The van der Waals surface area contributed by atoms with E-state index in [2.05, 4.69) is 24.5 Å². The van der Waals surface area contributed by atoms with Gasteiger partial charge in [-0.1, -0.05) is 19.1 Å². The minimum absolute atomic E-state index is 0.0109. The van der Waals surface area contributed by atoms with Crippen LogP contribution in [0.5, 0.6) is 0 Å². The monoisotopic (exact) mass is 205 g/mol. The molecule has 0 bridgehead atoms. The van der Waals surface area contributed by atoms with E-state index in [0.29, 0.717) is 6.67 Å². The van der Waals surface area contributed by atoms with Crippen molar-refractivity contribution in [1.82, 2.24) is 10.4 Å². The first-order valence-corrected chi connectivity index (χ1v) is 5.10. The van der Waals surface area contributed by atoms with Crippen molar-refractivity contribution in [2.45, 2.75) is 13.3 Å². The molecule has 4 nitrogen and oxygen atoms in total. The Labute approximate surface area is 89.5 Å². The summed E-state index contributed by atoms with van der Waals surface area (Å²) in [5.74, 6) is 0. The maximum Gasteiger partial charge on any atom is 0.339 e. The molecule has 0 radical (unpaired) electrons. The lowest BCUT2D eigenvalue weighted by Crippen LogP contribution is -2.31. The number of nitrogens with one attached hydrogen (secondary N) is 1. The Morgan fingerprint density at radius 1 is 1.47 bits per heavy atom. The van der Waals surface area contributed by atoms with Crippen molar-refractivity contribution in [1.29, 1.82) is 0 Å². The molecule has 0 aromatic heterocycles. The highest BCUT2D eigenvalue weighted by molar-refractivity contribution is 5.93. The fourth-order valence-electron chi connectivity index (χ4n) is 1.64. The highest BCUT2D eigenvalue weighted by Gasteiger charge is 2.26. The van der Waals surface area contributed by atoms with Crippen molar-refractivity contribution in [3.8, 4) is 0 Å². The average molecular weight is 205 g/mol. The van der Waals surface area contributed by atoms with Gasteiger partial charge in [0.2, 0.25) is 0 Å². The van der Waals surface area contributed by atoms with E-state index in [9.17, 15) is 4.79 Å². The average Bonchev–Trinajstić information content (AvgIpc) is 2.60. The third-order valence-electron chi connectivity index (χ3n) is 2.61. The Morgan fingerprint density at radius 2 is 2.27 bits per heavy atom. The molecule has 0 unspecified atom stereocenters. The van der Waals surface area contributed by atoms with Gasteiger partial charge in [0.05, 0.1) is 6.67 Å². The van der Waals surface area contributed by atoms with Crippen LogP contribution in [0.25, 0.3) is 0 Å². The molecule has 1 aromatic rings. The molecule has 1 N–H and O–H groups in total. The normalized spacial score (nSPS) is 16.3. The molecule has 2 rings (SSSR count). The number of nitrogens with zero attached hydrogens (tertiary/aromatic N) is 2. The lowest BCUT2D eigenvalue weighted by Gasteiger charge is -2.15. The maximum atomic E-state index is 11.7. The SMILES string of the molecule is CCc1cccc(N2CNN(C)C2=O)c1. The fourth-order valence-corrected chi connectivity index (χ4v) is 1.64. The third kappa shape index (κ3) is 1.80. The highest BCUT2D eigenvalue weighted by Crippen LogP contribution is 2.19. The molecule has 0 atom stereocenters. The van der Waals surface area contributed by atoms with E-state index in [1.165, 1.54) is 10.6 Å². The van der Waals surface area contributed by atoms with Crippen LogP contribution in [0.3, 0.4) is 0 Å². The standard InChI is InChI=1S/C11H15N3O/c1-3-9-5-4-6-10(7-9)14-8-12-13(2)11(14)15/h4-7,12H,3,8H2,1-2H3. The number of hydrazine groups is 1. The van der Waals surface area contributed by atoms with Crippen molar-refractivity contribution >= 4 is 11.7 Å². The van der Waals surface area contributed by atoms with Crippen LogP contribution in [-0.4, -0.2) is 24.8 Å². The van der Waals surface area contributed by atoms with Crippen molar-refractivity contribution < 1.29 is 4.79 Å². The van der Waals surface area contributed by atoms with Gasteiger partial charge in [0.15, 0.2) is 0 Å². The van der Waals surface area contributed by atoms with Crippen molar-refractivity contribution in [3.63, 3.8) is 0 Å². The first-order chi connectivity index (χ1) is 7.22. The van der Waals surface area contributed by atoms with Crippen LogP contribution in [-0.2, 0) is 6.42 Å². The number of hydrogen-bond acceptors (Lipinski definition) is 2. The van der Waals surface area contributed by atoms with Gasteiger partial charge in [-0.15, -0.1) is 0 Å².